The number of carboxylic acids is 1. The van der Waals surface area contributed by atoms with Crippen LogP contribution in [0.25, 0.3) is 0 Å². The zero-order valence-corrected chi connectivity index (χ0v) is 11.1. The molecule has 0 spiro atoms. The van der Waals surface area contributed by atoms with Gasteiger partial charge in [-0.2, -0.15) is 5.10 Å². The topological polar surface area (TPSA) is 98.7 Å². The quantitative estimate of drug-likeness (QED) is 0.856. The second kappa shape index (κ2) is 5.17. The summed E-state index contributed by atoms with van der Waals surface area (Å²) in [6.45, 7) is 6.24. The molecule has 2 aromatic rings. The maximum Gasteiger partial charge on any atom is 0.358 e. The number of nitrogens with zero attached hydrogens (tertiary/aromatic N) is 6. The van der Waals surface area contributed by atoms with Gasteiger partial charge in [-0.25, -0.2) is 19.1 Å². The molecule has 0 aliphatic carbocycles. The second-order valence-electron chi connectivity index (χ2n) is 4.42. The molecule has 0 aliphatic rings. The van der Waals surface area contributed by atoms with Gasteiger partial charge in [-0.05, 0) is 20.3 Å². The van der Waals surface area contributed by atoms with Gasteiger partial charge in [-0.1, -0.05) is 12.1 Å². The van der Waals surface area contributed by atoms with Crippen LogP contribution >= 0.6 is 0 Å². The third kappa shape index (κ3) is 2.47. The van der Waals surface area contributed by atoms with E-state index in [1.807, 2.05) is 20.8 Å². The molecule has 0 amide bonds. The normalized spacial score (nSPS) is 11.2. The molecule has 2 rings (SSSR count). The Labute approximate surface area is 110 Å². The lowest BCUT2D eigenvalue weighted by atomic mass is 10.2. The van der Waals surface area contributed by atoms with Crippen molar-refractivity contribution in [2.24, 2.45) is 0 Å². The van der Waals surface area contributed by atoms with Crippen LogP contribution in [0.4, 0.5) is 0 Å². The van der Waals surface area contributed by atoms with Crippen LogP contribution < -0.4 is 0 Å². The summed E-state index contributed by atoms with van der Waals surface area (Å²) in [5.41, 5.74) is 0.587. The summed E-state index contributed by atoms with van der Waals surface area (Å²) in [5, 5.41) is 20.8. The Morgan fingerprint density at radius 2 is 2.21 bits per heavy atom. The Morgan fingerprint density at radius 1 is 1.47 bits per heavy atom. The summed E-state index contributed by atoms with van der Waals surface area (Å²) in [7, 11) is 0. The minimum Gasteiger partial charge on any atom is -0.476 e. The molecule has 1 N–H and O–H groups in total. The smallest absolute Gasteiger partial charge is 0.358 e. The lowest BCUT2D eigenvalue weighted by Gasteiger charge is -2.10. The molecule has 0 bridgehead atoms. The Balaban J connectivity index is 2.33. The Kier molecular flexibility index (Phi) is 3.59. The molecule has 0 atom stereocenters. The minimum absolute atomic E-state index is 0.00175. The molecule has 0 saturated heterocycles. The predicted molar refractivity (Wildman–Crippen MR) is 65.9 cm³/mol. The van der Waals surface area contributed by atoms with Crippen molar-refractivity contribution < 1.29 is 9.90 Å². The fraction of sp³-hybridized carbons (Fsp3) is 0.545. The van der Waals surface area contributed by atoms with Crippen LogP contribution in [0.3, 0.4) is 0 Å². The number of carbonyl (C=O) groups is 1. The third-order valence-corrected chi connectivity index (χ3v) is 2.80. The first-order valence-corrected chi connectivity index (χ1v) is 6.08. The lowest BCUT2D eigenvalue weighted by Crippen LogP contribution is -2.15. The van der Waals surface area contributed by atoms with Crippen molar-refractivity contribution in [2.75, 3.05) is 0 Å². The highest BCUT2D eigenvalue weighted by molar-refractivity contribution is 5.86. The molecule has 0 saturated carbocycles. The first kappa shape index (κ1) is 13.2. The molecule has 0 unspecified atom stereocenters. The number of aromatic carboxylic acids is 1. The Hall–Kier alpha value is -2.25. The largest absolute Gasteiger partial charge is 0.476 e. The fourth-order valence-electron chi connectivity index (χ4n) is 1.93. The number of hydrogen-bond donors (Lipinski definition) is 1. The molecule has 8 heteroatoms. The Bertz CT molecular complexity index is 586. The van der Waals surface area contributed by atoms with Gasteiger partial charge in [0.1, 0.15) is 18.7 Å². The van der Waals surface area contributed by atoms with Gasteiger partial charge in [0.25, 0.3) is 0 Å². The van der Waals surface area contributed by atoms with E-state index in [1.54, 1.807) is 9.36 Å². The minimum atomic E-state index is -1.06. The van der Waals surface area contributed by atoms with Crippen LogP contribution in [-0.2, 0) is 13.0 Å². The first-order valence-electron chi connectivity index (χ1n) is 6.08. The van der Waals surface area contributed by atoms with Crippen molar-refractivity contribution in [3.05, 3.63) is 23.5 Å². The summed E-state index contributed by atoms with van der Waals surface area (Å²) in [5.74, 6) is -0.333. The molecule has 102 valence electrons. The van der Waals surface area contributed by atoms with Crippen LogP contribution in [0.2, 0.25) is 0 Å². The SMILES string of the molecule is CCc1c(C(=O)O)nnn1Cc1ncnn1C(C)C. The van der Waals surface area contributed by atoms with E-state index in [0.29, 0.717) is 18.7 Å². The summed E-state index contributed by atoms with van der Waals surface area (Å²) < 4.78 is 3.34. The average Bonchev–Trinajstić information content (AvgIpc) is 2.95. The highest BCUT2D eigenvalue weighted by Gasteiger charge is 2.19. The summed E-state index contributed by atoms with van der Waals surface area (Å²) in [6.07, 6.45) is 2.03. The van der Waals surface area contributed by atoms with Gasteiger partial charge in [0.2, 0.25) is 0 Å². The molecule has 8 nitrogen and oxygen atoms in total. The highest BCUT2D eigenvalue weighted by Crippen LogP contribution is 2.11. The highest BCUT2D eigenvalue weighted by atomic mass is 16.4. The van der Waals surface area contributed by atoms with Gasteiger partial charge >= 0.3 is 5.97 Å². The third-order valence-electron chi connectivity index (χ3n) is 2.80. The fourth-order valence-corrected chi connectivity index (χ4v) is 1.93. The van der Waals surface area contributed by atoms with Gasteiger partial charge in [0, 0.05) is 6.04 Å². The van der Waals surface area contributed by atoms with E-state index in [0.717, 1.165) is 5.82 Å². The van der Waals surface area contributed by atoms with Crippen molar-refractivity contribution in [3.63, 3.8) is 0 Å². The van der Waals surface area contributed by atoms with Gasteiger partial charge < -0.3 is 5.11 Å². The van der Waals surface area contributed by atoms with E-state index < -0.39 is 5.97 Å². The lowest BCUT2D eigenvalue weighted by molar-refractivity contribution is 0.0689. The predicted octanol–water partition coefficient (Wildman–Crippen LogP) is 0.759. The summed E-state index contributed by atoms with van der Waals surface area (Å²) in [6, 6.07) is 0.185. The second-order valence-corrected chi connectivity index (χ2v) is 4.42. The van der Waals surface area contributed by atoms with Crippen molar-refractivity contribution in [1.29, 1.82) is 0 Å². The van der Waals surface area contributed by atoms with Crippen LogP contribution in [0.15, 0.2) is 6.33 Å². The number of hydrogen-bond acceptors (Lipinski definition) is 5. The van der Waals surface area contributed by atoms with Gasteiger partial charge in [-0.3, -0.25) is 0 Å². The van der Waals surface area contributed by atoms with E-state index >= 15 is 0 Å². The van der Waals surface area contributed by atoms with E-state index in [-0.39, 0.29) is 11.7 Å². The number of carboxylic acid groups (broad SMARTS) is 1. The molecule has 2 heterocycles. The molecule has 19 heavy (non-hydrogen) atoms. The van der Waals surface area contributed by atoms with E-state index in [1.165, 1.54) is 6.33 Å². The average molecular weight is 264 g/mol. The maximum absolute atomic E-state index is 11.0. The molecular formula is C11H16N6O2. The van der Waals surface area contributed by atoms with Crippen molar-refractivity contribution in [3.8, 4) is 0 Å². The molecule has 0 fully saturated rings. The number of aromatic nitrogens is 6. The molecule has 0 aliphatic heterocycles. The van der Waals surface area contributed by atoms with Crippen molar-refractivity contribution >= 4 is 5.97 Å². The van der Waals surface area contributed by atoms with Gasteiger partial charge in [0.05, 0.1) is 5.69 Å². The zero-order valence-electron chi connectivity index (χ0n) is 11.1. The standard InChI is InChI=1S/C11H16N6O2/c1-4-8-10(11(18)19)14-15-16(8)5-9-12-6-13-17(9)7(2)3/h6-7H,4-5H2,1-3H3,(H,18,19). The molecular weight excluding hydrogens is 248 g/mol. The van der Waals surface area contributed by atoms with E-state index in [4.69, 9.17) is 5.11 Å². The van der Waals surface area contributed by atoms with Crippen LogP contribution in [0, 0.1) is 0 Å². The van der Waals surface area contributed by atoms with Crippen LogP contribution in [0.1, 0.15) is 48.8 Å². The Morgan fingerprint density at radius 3 is 2.79 bits per heavy atom. The van der Waals surface area contributed by atoms with Gasteiger partial charge in [0.15, 0.2) is 5.69 Å². The number of rotatable bonds is 5. The maximum atomic E-state index is 11.0. The molecule has 0 radical (unpaired) electrons. The van der Waals surface area contributed by atoms with Crippen molar-refractivity contribution in [2.45, 2.75) is 39.8 Å². The zero-order chi connectivity index (χ0) is 14.0. The molecule has 0 aromatic carbocycles. The monoisotopic (exact) mass is 264 g/mol. The van der Waals surface area contributed by atoms with E-state index in [9.17, 15) is 4.79 Å². The summed E-state index contributed by atoms with van der Waals surface area (Å²) in [4.78, 5) is 15.2. The van der Waals surface area contributed by atoms with E-state index in [2.05, 4.69) is 20.4 Å². The molecule has 2 aromatic heterocycles. The first-order chi connectivity index (χ1) is 9.04. The van der Waals surface area contributed by atoms with Gasteiger partial charge in [-0.15, -0.1) is 5.10 Å². The van der Waals surface area contributed by atoms with Crippen LogP contribution in [0.5, 0.6) is 0 Å². The van der Waals surface area contributed by atoms with Crippen LogP contribution in [-0.4, -0.2) is 40.8 Å². The van der Waals surface area contributed by atoms with Crippen molar-refractivity contribution in [1.82, 2.24) is 29.8 Å². The summed E-state index contributed by atoms with van der Waals surface area (Å²) >= 11 is 0.